The van der Waals surface area contributed by atoms with Gasteiger partial charge in [0, 0.05) is 22.9 Å². The van der Waals surface area contributed by atoms with E-state index in [0.29, 0.717) is 17.5 Å². The zero-order valence-electron chi connectivity index (χ0n) is 25.1. The van der Waals surface area contributed by atoms with Gasteiger partial charge in [-0.1, -0.05) is 109 Å². The van der Waals surface area contributed by atoms with Gasteiger partial charge in [0.05, 0.1) is 5.39 Å². The van der Waals surface area contributed by atoms with Crippen molar-refractivity contribution in [3.05, 3.63) is 146 Å². The Hall–Kier alpha value is -6.46. The Morgan fingerprint density at radius 2 is 1.04 bits per heavy atom. The second kappa shape index (κ2) is 10.0. The summed E-state index contributed by atoms with van der Waals surface area (Å²) >= 11 is 0. The van der Waals surface area contributed by atoms with E-state index in [1.807, 2.05) is 30.3 Å². The van der Waals surface area contributed by atoms with Crippen LogP contribution in [0.3, 0.4) is 0 Å². The number of fused-ring (bicyclic) bond motifs is 9. The van der Waals surface area contributed by atoms with Gasteiger partial charge in [0.25, 0.3) is 0 Å². The van der Waals surface area contributed by atoms with Crippen LogP contribution in [0, 0.1) is 0 Å². The standard InChI is InChI=1S/C42H24N4O/c1-2-9-29-23-30(20-14-25(29)7-1)40-44-41(46-42(45-40)33-11-5-12-35-38(33)39-36(47-35)13-6-22-43-39)31-21-17-27-16-19-28-18-15-26-8-3-4-10-32(26)37(28)34(27)24-31/h1-24H. The van der Waals surface area contributed by atoms with Gasteiger partial charge in [-0.3, -0.25) is 4.98 Å². The van der Waals surface area contributed by atoms with Crippen LogP contribution in [0.4, 0.5) is 0 Å². The summed E-state index contributed by atoms with van der Waals surface area (Å²) in [7, 11) is 0. The lowest BCUT2D eigenvalue weighted by atomic mass is 9.95. The summed E-state index contributed by atoms with van der Waals surface area (Å²) in [6.45, 7) is 0. The molecule has 0 aliphatic heterocycles. The molecule has 0 saturated carbocycles. The van der Waals surface area contributed by atoms with Crippen LogP contribution in [-0.4, -0.2) is 19.9 Å². The molecule has 0 unspecified atom stereocenters. The molecule has 0 aliphatic carbocycles. The van der Waals surface area contributed by atoms with Crippen LogP contribution in [0.2, 0.25) is 0 Å². The summed E-state index contributed by atoms with van der Waals surface area (Å²) < 4.78 is 6.18. The smallest absolute Gasteiger partial charge is 0.164 e. The second-order valence-corrected chi connectivity index (χ2v) is 11.9. The van der Waals surface area contributed by atoms with Gasteiger partial charge in [-0.15, -0.1) is 0 Å². The number of hydrogen-bond donors (Lipinski definition) is 0. The van der Waals surface area contributed by atoms with Crippen LogP contribution in [0.15, 0.2) is 150 Å². The summed E-state index contributed by atoms with van der Waals surface area (Å²) in [5, 5.41) is 10.4. The van der Waals surface area contributed by atoms with E-state index in [9.17, 15) is 0 Å². The molecule has 7 aromatic carbocycles. The van der Waals surface area contributed by atoms with Crippen LogP contribution in [-0.2, 0) is 0 Å². The summed E-state index contributed by atoms with van der Waals surface area (Å²) in [5.74, 6) is 1.78. The van der Waals surface area contributed by atoms with E-state index in [0.717, 1.165) is 49.5 Å². The van der Waals surface area contributed by atoms with Crippen molar-refractivity contribution in [1.29, 1.82) is 0 Å². The van der Waals surface area contributed by atoms with Crippen molar-refractivity contribution >= 4 is 65.2 Å². The first-order valence-electron chi connectivity index (χ1n) is 15.6. The first kappa shape index (κ1) is 25.8. The van der Waals surface area contributed by atoms with E-state index >= 15 is 0 Å². The van der Waals surface area contributed by atoms with Gasteiger partial charge in [-0.05, 0) is 73.4 Å². The van der Waals surface area contributed by atoms with Crippen molar-refractivity contribution in [3.63, 3.8) is 0 Å². The predicted octanol–water partition coefficient (Wildman–Crippen LogP) is 10.8. The predicted molar refractivity (Wildman–Crippen MR) is 191 cm³/mol. The molecule has 0 fully saturated rings. The van der Waals surface area contributed by atoms with Crippen LogP contribution < -0.4 is 0 Å². The van der Waals surface area contributed by atoms with Gasteiger partial charge in [0.15, 0.2) is 23.1 Å². The summed E-state index contributed by atoms with van der Waals surface area (Å²) in [6, 6.07) is 48.3. The van der Waals surface area contributed by atoms with Gasteiger partial charge in [-0.2, -0.15) is 0 Å². The lowest BCUT2D eigenvalue weighted by Crippen LogP contribution is -2.00. The Bertz CT molecular complexity index is 2870. The van der Waals surface area contributed by atoms with E-state index in [2.05, 4.69) is 114 Å². The molecule has 10 rings (SSSR count). The molecule has 0 spiro atoms. The maximum Gasteiger partial charge on any atom is 0.164 e. The van der Waals surface area contributed by atoms with Crippen LogP contribution in [0.5, 0.6) is 0 Å². The maximum atomic E-state index is 6.18. The first-order chi connectivity index (χ1) is 23.3. The van der Waals surface area contributed by atoms with Crippen LogP contribution in [0.25, 0.3) is 99.3 Å². The number of rotatable bonds is 3. The Morgan fingerprint density at radius 1 is 0.404 bits per heavy atom. The monoisotopic (exact) mass is 600 g/mol. The molecule has 0 radical (unpaired) electrons. The SMILES string of the molecule is c1ccc2cc(-c3nc(-c4ccc5ccc6ccc7ccccc7c6c5c4)nc(-c4cccc5oc6cccnc6c45)n3)ccc2c1. The fraction of sp³-hybridized carbons (Fsp3) is 0. The molecule has 0 aliphatic rings. The molecule has 3 aromatic heterocycles. The molecule has 0 amide bonds. The second-order valence-electron chi connectivity index (χ2n) is 11.9. The van der Waals surface area contributed by atoms with Crippen molar-refractivity contribution in [1.82, 2.24) is 19.9 Å². The average Bonchev–Trinajstić information content (AvgIpc) is 3.53. The Morgan fingerprint density at radius 3 is 1.89 bits per heavy atom. The zero-order valence-corrected chi connectivity index (χ0v) is 25.1. The number of aromatic nitrogens is 4. The highest BCUT2D eigenvalue weighted by Crippen LogP contribution is 2.37. The highest BCUT2D eigenvalue weighted by Gasteiger charge is 2.19. The molecule has 10 aromatic rings. The third-order valence-electron chi connectivity index (χ3n) is 9.12. The van der Waals surface area contributed by atoms with E-state index < -0.39 is 0 Å². The Balaban J connectivity index is 1.26. The maximum absolute atomic E-state index is 6.18. The molecular weight excluding hydrogens is 576 g/mol. The largest absolute Gasteiger partial charge is 0.454 e. The quantitative estimate of drug-likeness (QED) is 0.189. The van der Waals surface area contributed by atoms with E-state index in [4.69, 9.17) is 19.4 Å². The van der Waals surface area contributed by atoms with Crippen molar-refractivity contribution in [2.75, 3.05) is 0 Å². The average molecular weight is 601 g/mol. The zero-order chi connectivity index (χ0) is 30.9. The van der Waals surface area contributed by atoms with Crippen LogP contribution >= 0.6 is 0 Å². The van der Waals surface area contributed by atoms with E-state index in [-0.39, 0.29) is 0 Å². The minimum Gasteiger partial charge on any atom is -0.454 e. The molecule has 47 heavy (non-hydrogen) atoms. The molecular formula is C42H24N4O. The summed E-state index contributed by atoms with van der Waals surface area (Å²) in [5.41, 5.74) is 4.96. The molecule has 218 valence electrons. The molecule has 0 atom stereocenters. The van der Waals surface area contributed by atoms with Gasteiger partial charge in [0.2, 0.25) is 0 Å². The lowest BCUT2D eigenvalue weighted by Gasteiger charge is -2.12. The van der Waals surface area contributed by atoms with E-state index in [1.165, 1.54) is 32.3 Å². The fourth-order valence-electron chi connectivity index (χ4n) is 6.87. The summed E-state index contributed by atoms with van der Waals surface area (Å²) in [4.78, 5) is 20.1. The Labute approximate surface area is 268 Å². The van der Waals surface area contributed by atoms with Crippen molar-refractivity contribution in [3.8, 4) is 34.2 Å². The number of benzene rings is 7. The van der Waals surface area contributed by atoms with Gasteiger partial charge >= 0.3 is 0 Å². The molecule has 5 nitrogen and oxygen atoms in total. The number of pyridine rings is 1. The highest BCUT2D eigenvalue weighted by atomic mass is 16.3. The fourth-order valence-corrected chi connectivity index (χ4v) is 6.87. The third kappa shape index (κ3) is 4.10. The molecule has 3 heterocycles. The van der Waals surface area contributed by atoms with Gasteiger partial charge in [0.1, 0.15) is 11.1 Å². The van der Waals surface area contributed by atoms with Crippen LogP contribution in [0.1, 0.15) is 0 Å². The number of nitrogens with zero attached hydrogens (tertiary/aromatic N) is 4. The lowest BCUT2D eigenvalue weighted by molar-refractivity contribution is 0.668. The molecule has 0 bridgehead atoms. The molecule has 5 heteroatoms. The molecule has 0 N–H and O–H groups in total. The van der Waals surface area contributed by atoms with Gasteiger partial charge in [-0.25, -0.2) is 15.0 Å². The van der Waals surface area contributed by atoms with Gasteiger partial charge < -0.3 is 4.42 Å². The number of hydrogen-bond acceptors (Lipinski definition) is 5. The minimum atomic E-state index is 0.570. The molecule has 0 saturated heterocycles. The van der Waals surface area contributed by atoms with Crippen molar-refractivity contribution in [2.45, 2.75) is 0 Å². The Kier molecular flexibility index (Phi) is 5.51. The topological polar surface area (TPSA) is 64.7 Å². The third-order valence-corrected chi connectivity index (χ3v) is 9.12. The first-order valence-corrected chi connectivity index (χ1v) is 15.6. The summed E-state index contributed by atoms with van der Waals surface area (Å²) in [6.07, 6.45) is 1.79. The minimum absolute atomic E-state index is 0.570. The van der Waals surface area contributed by atoms with Crippen molar-refractivity contribution in [2.24, 2.45) is 0 Å². The normalized spacial score (nSPS) is 11.8. The van der Waals surface area contributed by atoms with E-state index in [1.54, 1.807) is 6.20 Å². The highest BCUT2D eigenvalue weighted by molar-refractivity contribution is 6.20. The van der Waals surface area contributed by atoms with Crippen molar-refractivity contribution < 1.29 is 4.42 Å². The number of furan rings is 1.